The first kappa shape index (κ1) is 12.5. The number of amides is 1. The molecule has 1 amide bonds. The Labute approximate surface area is 99.9 Å². The van der Waals surface area contributed by atoms with Crippen molar-refractivity contribution in [2.75, 3.05) is 19.0 Å². The third-order valence-electron chi connectivity index (χ3n) is 2.19. The minimum absolute atomic E-state index is 0.102. The number of alkyl halides is 1. The van der Waals surface area contributed by atoms with E-state index in [1.54, 1.807) is 11.3 Å². The van der Waals surface area contributed by atoms with Crippen molar-refractivity contribution in [1.29, 1.82) is 0 Å². The fourth-order valence-electron chi connectivity index (χ4n) is 1.33. The van der Waals surface area contributed by atoms with Crippen molar-refractivity contribution < 1.29 is 4.79 Å². The first-order valence-electron chi connectivity index (χ1n) is 5.17. The molecular weight excluding hydrogens is 230 g/mol. The van der Waals surface area contributed by atoms with Crippen molar-refractivity contribution in [3.8, 4) is 0 Å². The second-order valence-electron chi connectivity index (χ2n) is 3.35. The molecular formula is C11H16ClNOS. The van der Waals surface area contributed by atoms with Gasteiger partial charge in [-0.2, -0.15) is 11.3 Å². The molecule has 1 rings (SSSR count). The van der Waals surface area contributed by atoms with Gasteiger partial charge in [0.2, 0.25) is 0 Å². The maximum Gasteiger partial charge on any atom is 0.254 e. The molecule has 0 atom stereocenters. The third kappa shape index (κ3) is 3.84. The van der Waals surface area contributed by atoms with E-state index in [0.717, 1.165) is 24.9 Å². The number of rotatable bonds is 6. The summed E-state index contributed by atoms with van der Waals surface area (Å²) in [4.78, 5) is 13.8. The smallest absolute Gasteiger partial charge is 0.254 e. The highest BCUT2D eigenvalue weighted by molar-refractivity contribution is 7.08. The maximum absolute atomic E-state index is 12.0. The lowest BCUT2D eigenvalue weighted by Crippen LogP contribution is -2.33. The van der Waals surface area contributed by atoms with E-state index in [4.69, 9.17) is 11.6 Å². The topological polar surface area (TPSA) is 20.3 Å². The molecule has 0 aromatic carbocycles. The van der Waals surface area contributed by atoms with E-state index in [1.807, 2.05) is 21.7 Å². The van der Waals surface area contributed by atoms with E-state index in [0.29, 0.717) is 12.4 Å². The second-order valence-corrected chi connectivity index (χ2v) is 4.50. The largest absolute Gasteiger partial charge is 0.337 e. The summed E-state index contributed by atoms with van der Waals surface area (Å²) in [5.41, 5.74) is 0.779. The standard InChI is InChI=1S/C11H16ClNOS/c1-2-3-6-13(7-5-12)11(14)10-4-8-15-9-10/h4,8-9H,2-3,5-7H2,1H3. The van der Waals surface area contributed by atoms with Crippen molar-refractivity contribution in [3.63, 3.8) is 0 Å². The molecule has 84 valence electrons. The fourth-order valence-corrected chi connectivity index (χ4v) is 2.17. The van der Waals surface area contributed by atoms with Crippen LogP contribution in [0.15, 0.2) is 16.8 Å². The van der Waals surface area contributed by atoms with Gasteiger partial charge in [0.1, 0.15) is 0 Å². The van der Waals surface area contributed by atoms with Gasteiger partial charge < -0.3 is 4.90 Å². The summed E-state index contributed by atoms with van der Waals surface area (Å²) in [5, 5.41) is 3.81. The van der Waals surface area contributed by atoms with E-state index in [-0.39, 0.29) is 5.91 Å². The van der Waals surface area contributed by atoms with E-state index < -0.39 is 0 Å². The molecule has 0 spiro atoms. The molecule has 1 aromatic rings. The average molecular weight is 246 g/mol. The zero-order valence-electron chi connectivity index (χ0n) is 8.91. The summed E-state index contributed by atoms with van der Waals surface area (Å²) >= 11 is 7.24. The van der Waals surface area contributed by atoms with Gasteiger partial charge in [-0.25, -0.2) is 0 Å². The maximum atomic E-state index is 12.0. The molecule has 0 aliphatic heterocycles. The van der Waals surface area contributed by atoms with Gasteiger partial charge in [0, 0.05) is 24.3 Å². The van der Waals surface area contributed by atoms with Crippen LogP contribution in [0.1, 0.15) is 30.1 Å². The molecule has 0 aliphatic rings. The highest BCUT2D eigenvalue weighted by Crippen LogP contribution is 2.10. The number of halogens is 1. The zero-order chi connectivity index (χ0) is 11.1. The zero-order valence-corrected chi connectivity index (χ0v) is 10.5. The Morgan fingerprint density at radius 1 is 1.53 bits per heavy atom. The first-order chi connectivity index (χ1) is 7.29. The Kier molecular flexibility index (Phi) is 5.73. The van der Waals surface area contributed by atoms with Crippen LogP contribution in [0.25, 0.3) is 0 Å². The van der Waals surface area contributed by atoms with Gasteiger partial charge in [0.15, 0.2) is 0 Å². The van der Waals surface area contributed by atoms with Crippen LogP contribution in [0, 0.1) is 0 Å². The van der Waals surface area contributed by atoms with Gasteiger partial charge in [-0.1, -0.05) is 13.3 Å². The first-order valence-corrected chi connectivity index (χ1v) is 6.64. The molecule has 0 saturated carbocycles. The minimum Gasteiger partial charge on any atom is -0.337 e. The van der Waals surface area contributed by atoms with Crippen LogP contribution >= 0.6 is 22.9 Å². The van der Waals surface area contributed by atoms with Crippen LogP contribution < -0.4 is 0 Å². The molecule has 4 heteroatoms. The highest BCUT2D eigenvalue weighted by Gasteiger charge is 2.14. The predicted molar refractivity (Wildman–Crippen MR) is 65.9 cm³/mol. The van der Waals surface area contributed by atoms with Gasteiger partial charge in [-0.15, -0.1) is 11.6 Å². The van der Waals surface area contributed by atoms with Crippen molar-refractivity contribution in [3.05, 3.63) is 22.4 Å². The normalized spacial score (nSPS) is 10.3. The van der Waals surface area contributed by atoms with Crippen molar-refractivity contribution in [2.45, 2.75) is 19.8 Å². The van der Waals surface area contributed by atoms with Crippen molar-refractivity contribution >= 4 is 28.8 Å². The SMILES string of the molecule is CCCCN(CCCl)C(=O)c1ccsc1. The molecule has 1 aromatic heterocycles. The summed E-state index contributed by atoms with van der Waals surface area (Å²) in [6, 6.07) is 1.86. The third-order valence-corrected chi connectivity index (χ3v) is 3.04. The minimum atomic E-state index is 0.102. The molecule has 0 N–H and O–H groups in total. The Morgan fingerprint density at radius 3 is 2.87 bits per heavy atom. The number of hydrogen-bond acceptors (Lipinski definition) is 2. The molecule has 15 heavy (non-hydrogen) atoms. The molecule has 0 bridgehead atoms. The van der Waals surface area contributed by atoms with Crippen LogP contribution in [0.5, 0.6) is 0 Å². The van der Waals surface area contributed by atoms with Crippen LogP contribution in [-0.2, 0) is 0 Å². The van der Waals surface area contributed by atoms with E-state index in [2.05, 4.69) is 6.92 Å². The molecule has 0 aliphatic carbocycles. The Bertz CT molecular complexity index is 287. The number of thiophene rings is 1. The van der Waals surface area contributed by atoms with Crippen LogP contribution in [0.2, 0.25) is 0 Å². The summed E-state index contributed by atoms with van der Waals surface area (Å²) in [5.74, 6) is 0.602. The van der Waals surface area contributed by atoms with Crippen LogP contribution in [-0.4, -0.2) is 29.8 Å². The quantitative estimate of drug-likeness (QED) is 0.705. The number of carbonyl (C=O) groups excluding carboxylic acids is 1. The Morgan fingerprint density at radius 2 is 2.33 bits per heavy atom. The molecule has 0 fully saturated rings. The van der Waals surface area contributed by atoms with Gasteiger partial charge in [0.25, 0.3) is 5.91 Å². The van der Waals surface area contributed by atoms with Crippen LogP contribution in [0.4, 0.5) is 0 Å². The van der Waals surface area contributed by atoms with E-state index >= 15 is 0 Å². The second kappa shape index (κ2) is 6.85. The lowest BCUT2D eigenvalue weighted by atomic mass is 10.2. The molecule has 2 nitrogen and oxygen atoms in total. The summed E-state index contributed by atoms with van der Waals surface area (Å²) in [6.45, 7) is 3.56. The van der Waals surface area contributed by atoms with Gasteiger partial charge in [0.05, 0.1) is 5.56 Å². The van der Waals surface area contributed by atoms with E-state index in [1.165, 1.54) is 0 Å². The number of nitrogens with zero attached hydrogens (tertiary/aromatic N) is 1. The van der Waals surface area contributed by atoms with Gasteiger partial charge in [-0.05, 0) is 17.9 Å². The highest BCUT2D eigenvalue weighted by atomic mass is 35.5. The average Bonchev–Trinajstić information content (AvgIpc) is 2.76. The molecule has 0 radical (unpaired) electrons. The summed E-state index contributed by atoms with van der Waals surface area (Å²) in [7, 11) is 0. The molecule has 0 saturated heterocycles. The van der Waals surface area contributed by atoms with Gasteiger partial charge in [-0.3, -0.25) is 4.79 Å². The summed E-state index contributed by atoms with van der Waals surface area (Å²) in [6.07, 6.45) is 2.13. The van der Waals surface area contributed by atoms with Crippen molar-refractivity contribution in [2.24, 2.45) is 0 Å². The van der Waals surface area contributed by atoms with E-state index in [9.17, 15) is 4.79 Å². The Hall–Kier alpha value is -0.540. The monoisotopic (exact) mass is 245 g/mol. The number of unbranched alkanes of at least 4 members (excludes halogenated alkanes) is 1. The lowest BCUT2D eigenvalue weighted by molar-refractivity contribution is 0.0764. The predicted octanol–water partition coefficient (Wildman–Crippen LogP) is 3.23. The van der Waals surface area contributed by atoms with Crippen molar-refractivity contribution in [1.82, 2.24) is 4.90 Å². The van der Waals surface area contributed by atoms with Gasteiger partial charge >= 0.3 is 0 Å². The fraction of sp³-hybridized carbons (Fsp3) is 0.545. The summed E-state index contributed by atoms with van der Waals surface area (Å²) < 4.78 is 0. The number of hydrogen-bond donors (Lipinski definition) is 0. The van der Waals surface area contributed by atoms with Crippen LogP contribution in [0.3, 0.4) is 0 Å². The molecule has 0 unspecified atom stereocenters. The number of carbonyl (C=O) groups is 1. The lowest BCUT2D eigenvalue weighted by Gasteiger charge is -2.20. The Balaban J connectivity index is 2.58. The molecule has 1 heterocycles.